The van der Waals surface area contributed by atoms with Crippen molar-refractivity contribution in [3.63, 3.8) is 0 Å². The van der Waals surface area contributed by atoms with Crippen LogP contribution in [-0.2, 0) is 16.4 Å². The molecule has 2 heterocycles. The summed E-state index contributed by atoms with van der Waals surface area (Å²) in [5.41, 5.74) is 0. The van der Waals surface area contributed by atoms with Crippen molar-refractivity contribution in [2.24, 2.45) is 0 Å². The first-order chi connectivity index (χ1) is 11.5. The molecule has 1 aromatic carbocycles. The van der Waals surface area contributed by atoms with E-state index in [0.29, 0.717) is 18.1 Å². The molecule has 0 amide bonds. The van der Waals surface area contributed by atoms with Crippen molar-refractivity contribution in [2.45, 2.75) is 11.3 Å². The summed E-state index contributed by atoms with van der Waals surface area (Å²) in [4.78, 5) is 3.87. The molecule has 0 bridgehead atoms. The van der Waals surface area contributed by atoms with Gasteiger partial charge in [-0.1, -0.05) is 29.3 Å². The fourth-order valence-electron chi connectivity index (χ4n) is 2.70. The van der Waals surface area contributed by atoms with Gasteiger partial charge in [0.05, 0.1) is 14.9 Å². The van der Waals surface area contributed by atoms with E-state index in [2.05, 4.69) is 22.4 Å². The van der Waals surface area contributed by atoms with E-state index >= 15 is 0 Å². The maximum Gasteiger partial charge on any atom is 0.243 e. The Morgan fingerprint density at radius 2 is 1.79 bits per heavy atom. The van der Waals surface area contributed by atoms with E-state index in [1.807, 2.05) is 0 Å². The van der Waals surface area contributed by atoms with Crippen LogP contribution in [0.4, 0.5) is 0 Å². The third kappa shape index (κ3) is 4.12. The lowest BCUT2D eigenvalue weighted by Crippen LogP contribution is -2.48. The van der Waals surface area contributed by atoms with Gasteiger partial charge in [0.15, 0.2) is 0 Å². The van der Waals surface area contributed by atoms with Crippen LogP contribution in [0.2, 0.25) is 10.0 Å². The molecule has 0 N–H and O–H groups in total. The Balaban J connectivity index is 1.59. The van der Waals surface area contributed by atoms with Crippen molar-refractivity contribution < 1.29 is 8.42 Å². The van der Waals surface area contributed by atoms with Crippen LogP contribution in [-0.4, -0.2) is 50.3 Å². The molecule has 24 heavy (non-hydrogen) atoms. The number of hydrogen-bond acceptors (Lipinski definition) is 4. The Morgan fingerprint density at radius 1 is 1.04 bits per heavy atom. The Bertz CT molecular complexity index is 786. The van der Waals surface area contributed by atoms with Gasteiger partial charge in [0.1, 0.15) is 0 Å². The molecular formula is C16H18Cl2N2O2S2. The highest BCUT2D eigenvalue weighted by Gasteiger charge is 2.28. The van der Waals surface area contributed by atoms with Crippen molar-refractivity contribution >= 4 is 44.6 Å². The summed E-state index contributed by atoms with van der Waals surface area (Å²) < 4.78 is 26.9. The molecular weight excluding hydrogens is 387 g/mol. The van der Waals surface area contributed by atoms with Gasteiger partial charge >= 0.3 is 0 Å². The largest absolute Gasteiger partial charge is 0.300 e. The number of thiophene rings is 1. The van der Waals surface area contributed by atoms with Crippen LogP contribution in [0.25, 0.3) is 0 Å². The van der Waals surface area contributed by atoms with Gasteiger partial charge in [0.25, 0.3) is 0 Å². The molecule has 0 spiro atoms. The molecule has 0 aliphatic carbocycles. The average Bonchev–Trinajstić information content (AvgIpc) is 3.09. The number of benzene rings is 1. The summed E-state index contributed by atoms with van der Waals surface area (Å²) in [5, 5.41) is 2.69. The molecule has 2 aromatic rings. The minimum Gasteiger partial charge on any atom is -0.300 e. The predicted octanol–water partition coefficient (Wildman–Crippen LogP) is 3.60. The standard InChI is InChI=1S/C16H18Cl2N2O2S2/c17-15-4-3-14(12-16(15)18)24(21,22)20-9-7-19(8-10-20)6-5-13-2-1-11-23-13/h1-4,11-12H,5-10H2. The van der Waals surface area contributed by atoms with Gasteiger partial charge in [-0.05, 0) is 36.1 Å². The van der Waals surface area contributed by atoms with Crippen molar-refractivity contribution in [3.05, 3.63) is 50.6 Å². The molecule has 1 fully saturated rings. The fraction of sp³-hybridized carbons (Fsp3) is 0.375. The lowest BCUT2D eigenvalue weighted by Gasteiger charge is -2.33. The molecule has 0 atom stereocenters. The summed E-state index contributed by atoms with van der Waals surface area (Å²) in [6, 6.07) is 8.64. The molecule has 8 heteroatoms. The molecule has 1 aliphatic heterocycles. The Hall–Kier alpha value is -0.630. The highest BCUT2D eigenvalue weighted by atomic mass is 35.5. The second-order valence-corrected chi connectivity index (χ2v) is 9.44. The van der Waals surface area contributed by atoms with Crippen LogP contribution in [0, 0.1) is 0 Å². The van der Waals surface area contributed by atoms with E-state index in [1.165, 1.54) is 27.4 Å². The highest BCUT2D eigenvalue weighted by Crippen LogP contribution is 2.27. The number of hydrogen-bond donors (Lipinski definition) is 0. The molecule has 1 aliphatic rings. The van der Waals surface area contributed by atoms with E-state index in [1.54, 1.807) is 11.3 Å². The predicted molar refractivity (Wildman–Crippen MR) is 99.7 cm³/mol. The van der Waals surface area contributed by atoms with E-state index in [9.17, 15) is 8.42 Å². The number of nitrogens with zero attached hydrogens (tertiary/aromatic N) is 2. The Morgan fingerprint density at radius 3 is 2.42 bits per heavy atom. The third-order valence-corrected chi connectivity index (χ3v) is 7.68. The van der Waals surface area contributed by atoms with Crippen LogP contribution >= 0.6 is 34.5 Å². The minimum atomic E-state index is -3.52. The zero-order chi connectivity index (χ0) is 17.2. The van der Waals surface area contributed by atoms with Gasteiger partial charge in [-0.2, -0.15) is 4.31 Å². The molecule has 1 saturated heterocycles. The van der Waals surface area contributed by atoms with E-state index in [0.717, 1.165) is 26.1 Å². The van der Waals surface area contributed by atoms with Crippen molar-refractivity contribution in [1.82, 2.24) is 9.21 Å². The molecule has 0 saturated carbocycles. The van der Waals surface area contributed by atoms with Gasteiger partial charge in [0.2, 0.25) is 10.0 Å². The van der Waals surface area contributed by atoms with Gasteiger partial charge in [0, 0.05) is 37.6 Å². The van der Waals surface area contributed by atoms with Crippen molar-refractivity contribution in [1.29, 1.82) is 0 Å². The number of rotatable bonds is 5. The van der Waals surface area contributed by atoms with Crippen molar-refractivity contribution in [3.8, 4) is 0 Å². The third-order valence-electron chi connectivity index (χ3n) is 4.11. The molecule has 0 radical (unpaired) electrons. The van der Waals surface area contributed by atoms with Gasteiger partial charge in [-0.3, -0.25) is 0 Å². The normalized spacial score (nSPS) is 17.2. The zero-order valence-corrected chi connectivity index (χ0v) is 16.1. The second kappa shape index (κ2) is 7.72. The SMILES string of the molecule is O=S(=O)(c1ccc(Cl)c(Cl)c1)N1CCN(CCc2cccs2)CC1. The Labute approximate surface area is 156 Å². The van der Waals surface area contributed by atoms with E-state index < -0.39 is 10.0 Å². The van der Waals surface area contributed by atoms with Gasteiger partial charge < -0.3 is 4.90 Å². The smallest absolute Gasteiger partial charge is 0.243 e. The summed E-state index contributed by atoms with van der Waals surface area (Å²) in [6.07, 6.45) is 1.01. The van der Waals surface area contributed by atoms with Gasteiger partial charge in [-0.25, -0.2) is 8.42 Å². The lowest BCUT2D eigenvalue weighted by molar-refractivity contribution is 0.190. The van der Waals surface area contributed by atoms with Crippen LogP contribution in [0.15, 0.2) is 40.6 Å². The molecule has 130 valence electrons. The van der Waals surface area contributed by atoms with Crippen LogP contribution in [0.1, 0.15) is 4.88 Å². The maximum atomic E-state index is 12.7. The summed E-state index contributed by atoms with van der Waals surface area (Å²) in [6.45, 7) is 3.43. The molecule has 4 nitrogen and oxygen atoms in total. The first kappa shape index (κ1) is 18.2. The first-order valence-corrected chi connectivity index (χ1v) is 10.7. The van der Waals surface area contributed by atoms with Gasteiger partial charge in [-0.15, -0.1) is 11.3 Å². The average molecular weight is 405 g/mol. The zero-order valence-electron chi connectivity index (χ0n) is 13.0. The van der Waals surface area contributed by atoms with Crippen LogP contribution < -0.4 is 0 Å². The van der Waals surface area contributed by atoms with Crippen molar-refractivity contribution in [2.75, 3.05) is 32.7 Å². The van der Waals surface area contributed by atoms with Crippen LogP contribution in [0.5, 0.6) is 0 Å². The highest BCUT2D eigenvalue weighted by molar-refractivity contribution is 7.89. The van der Waals surface area contributed by atoms with E-state index in [-0.39, 0.29) is 9.92 Å². The van der Waals surface area contributed by atoms with E-state index in [4.69, 9.17) is 23.2 Å². The molecule has 3 rings (SSSR count). The number of sulfonamides is 1. The topological polar surface area (TPSA) is 40.6 Å². The summed E-state index contributed by atoms with van der Waals surface area (Å²) in [7, 11) is -3.52. The monoisotopic (exact) mass is 404 g/mol. The second-order valence-electron chi connectivity index (χ2n) is 5.65. The quantitative estimate of drug-likeness (QED) is 0.763. The first-order valence-electron chi connectivity index (χ1n) is 7.67. The molecule has 0 unspecified atom stereocenters. The summed E-state index contributed by atoms with van der Waals surface area (Å²) in [5.74, 6) is 0. The number of piperazine rings is 1. The summed E-state index contributed by atoms with van der Waals surface area (Å²) >= 11 is 13.6. The van der Waals surface area contributed by atoms with Crippen LogP contribution in [0.3, 0.4) is 0 Å². The number of halogens is 2. The maximum absolute atomic E-state index is 12.7. The molecule has 1 aromatic heterocycles. The Kier molecular flexibility index (Phi) is 5.85. The lowest BCUT2D eigenvalue weighted by atomic mass is 10.3. The minimum absolute atomic E-state index is 0.198. The fourth-order valence-corrected chi connectivity index (χ4v) is 5.21.